The first-order valence-corrected chi connectivity index (χ1v) is 11.5. The van der Waals surface area contributed by atoms with E-state index in [0.717, 1.165) is 32.5 Å². The van der Waals surface area contributed by atoms with E-state index < -0.39 is 0 Å². The van der Waals surface area contributed by atoms with Crippen molar-refractivity contribution in [1.29, 1.82) is 0 Å². The van der Waals surface area contributed by atoms with Crippen molar-refractivity contribution >= 4 is 5.91 Å². The predicted molar refractivity (Wildman–Crippen MR) is 118 cm³/mol. The first kappa shape index (κ1) is 19.7. The van der Waals surface area contributed by atoms with Crippen LogP contribution in [0.15, 0.2) is 48.7 Å². The molecule has 2 fully saturated rings. The zero-order valence-corrected chi connectivity index (χ0v) is 17.8. The second-order valence-electron chi connectivity index (χ2n) is 9.20. The maximum Gasteiger partial charge on any atom is 0.272 e. The summed E-state index contributed by atoms with van der Waals surface area (Å²) in [5.74, 6) is 0.0564. The molecule has 30 heavy (non-hydrogen) atoms. The molecule has 2 aromatic rings. The molecule has 0 bridgehead atoms. The Bertz CT molecular complexity index is 870. The van der Waals surface area contributed by atoms with E-state index in [0.29, 0.717) is 12.2 Å². The summed E-state index contributed by atoms with van der Waals surface area (Å²) in [6, 6.07) is 14.4. The molecule has 158 valence electrons. The number of amides is 1. The molecule has 4 heterocycles. The van der Waals surface area contributed by atoms with E-state index in [1.54, 1.807) is 6.20 Å². The van der Waals surface area contributed by atoms with E-state index in [2.05, 4.69) is 39.0 Å². The van der Waals surface area contributed by atoms with Crippen LogP contribution in [-0.4, -0.2) is 71.4 Å². The van der Waals surface area contributed by atoms with Gasteiger partial charge >= 0.3 is 0 Å². The molecule has 3 aliphatic rings. The summed E-state index contributed by atoms with van der Waals surface area (Å²) in [7, 11) is 0. The normalized spacial score (nSPS) is 21.7. The van der Waals surface area contributed by atoms with E-state index in [1.165, 1.54) is 50.1 Å². The minimum atomic E-state index is 0.0564. The molecular formula is C25H32N4O. The predicted octanol–water partition coefficient (Wildman–Crippen LogP) is 3.17. The molecule has 0 saturated carbocycles. The van der Waals surface area contributed by atoms with Crippen LogP contribution >= 0.6 is 0 Å². The summed E-state index contributed by atoms with van der Waals surface area (Å²) >= 11 is 0. The third-order valence-corrected chi connectivity index (χ3v) is 7.36. The summed E-state index contributed by atoms with van der Waals surface area (Å²) in [5.41, 5.74) is 3.39. The van der Waals surface area contributed by atoms with Crippen LogP contribution in [0.1, 0.15) is 47.3 Å². The van der Waals surface area contributed by atoms with Gasteiger partial charge in [0.2, 0.25) is 0 Å². The van der Waals surface area contributed by atoms with Gasteiger partial charge in [-0.05, 0) is 75.1 Å². The fraction of sp³-hybridized carbons (Fsp3) is 0.520. The Morgan fingerprint density at radius 2 is 1.60 bits per heavy atom. The number of carbonyl (C=O) groups excluding carboxylic acids is 1. The summed E-state index contributed by atoms with van der Waals surface area (Å²) in [6.45, 7) is 8.65. The maximum atomic E-state index is 13.2. The summed E-state index contributed by atoms with van der Waals surface area (Å²) in [6.07, 6.45) is 6.67. The number of nitrogens with zero attached hydrogens (tertiary/aromatic N) is 4. The van der Waals surface area contributed by atoms with Gasteiger partial charge in [0.1, 0.15) is 5.69 Å². The van der Waals surface area contributed by atoms with E-state index in [4.69, 9.17) is 0 Å². The van der Waals surface area contributed by atoms with Crippen molar-refractivity contribution in [2.24, 2.45) is 0 Å². The van der Waals surface area contributed by atoms with Gasteiger partial charge in [-0.25, -0.2) is 0 Å². The summed E-state index contributed by atoms with van der Waals surface area (Å²) in [5, 5.41) is 0. The molecule has 5 heteroatoms. The van der Waals surface area contributed by atoms with E-state index in [-0.39, 0.29) is 11.3 Å². The summed E-state index contributed by atoms with van der Waals surface area (Å²) in [4.78, 5) is 24.8. The lowest BCUT2D eigenvalue weighted by atomic mass is 9.68. The van der Waals surface area contributed by atoms with Crippen LogP contribution in [0.4, 0.5) is 0 Å². The summed E-state index contributed by atoms with van der Waals surface area (Å²) < 4.78 is 0. The fourth-order valence-corrected chi connectivity index (χ4v) is 5.60. The molecule has 1 amide bonds. The van der Waals surface area contributed by atoms with Gasteiger partial charge in [0, 0.05) is 37.8 Å². The number of hydrogen-bond donors (Lipinski definition) is 0. The van der Waals surface area contributed by atoms with Crippen molar-refractivity contribution in [3.8, 4) is 0 Å². The third-order valence-electron chi connectivity index (χ3n) is 7.36. The number of carbonyl (C=O) groups is 1. The minimum absolute atomic E-state index is 0.0564. The number of hydrogen-bond acceptors (Lipinski definition) is 4. The van der Waals surface area contributed by atoms with Crippen LogP contribution in [0, 0.1) is 0 Å². The van der Waals surface area contributed by atoms with Crippen molar-refractivity contribution in [3.63, 3.8) is 0 Å². The SMILES string of the molecule is O=C(c1ccccn1)N1Cc2ccccc2C2(CCN(CCN3CCCC3)CC2)C1. The Balaban J connectivity index is 1.31. The number of aromatic nitrogens is 1. The molecule has 0 unspecified atom stereocenters. The highest BCUT2D eigenvalue weighted by molar-refractivity contribution is 5.92. The van der Waals surface area contributed by atoms with Crippen molar-refractivity contribution in [1.82, 2.24) is 19.7 Å². The van der Waals surface area contributed by atoms with Crippen LogP contribution in [0.5, 0.6) is 0 Å². The maximum absolute atomic E-state index is 13.2. The van der Waals surface area contributed by atoms with E-state index >= 15 is 0 Å². The van der Waals surface area contributed by atoms with Crippen molar-refractivity contribution < 1.29 is 4.79 Å². The van der Waals surface area contributed by atoms with Crippen molar-refractivity contribution in [2.75, 3.05) is 45.8 Å². The zero-order chi connectivity index (χ0) is 20.4. The van der Waals surface area contributed by atoms with Gasteiger partial charge in [-0.3, -0.25) is 9.78 Å². The molecule has 1 aromatic carbocycles. The average Bonchev–Trinajstić information content (AvgIpc) is 3.33. The lowest BCUT2D eigenvalue weighted by Crippen LogP contribution is -2.53. The molecular weight excluding hydrogens is 372 g/mol. The average molecular weight is 405 g/mol. The lowest BCUT2D eigenvalue weighted by molar-refractivity contribution is 0.0567. The van der Waals surface area contributed by atoms with Gasteiger partial charge in [0.15, 0.2) is 0 Å². The fourth-order valence-electron chi connectivity index (χ4n) is 5.60. The minimum Gasteiger partial charge on any atom is -0.332 e. The molecule has 0 atom stereocenters. The van der Waals surface area contributed by atoms with Crippen LogP contribution in [0.25, 0.3) is 0 Å². The molecule has 5 rings (SSSR count). The van der Waals surface area contributed by atoms with E-state index in [9.17, 15) is 4.79 Å². The van der Waals surface area contributed by atoms with Gasteiger partial charge in [0.05, 0.1) is 0 Å². The molecule has 0 aliphatic carbocycles. The molecule has 1 aromatic heterocycles. The van der Waals surface area contributed by atoms with Gasteiger partial charge < -0.3 is 14.7 Å². The number of pyridine rings is 1. The highest BCUT2D eigenvalue weighted by atomic mass is 16.2. The lowest BCUT2D eigenvalue weighted by Gasteiger charge is -2.48. The second-order valence-corrected chi connectivity index (χ2v) is 9.20. The number of piperidine rings is 1. The Morgan fingerprint density at radius 3 is 2.33 bits per heavy atom. The number of likely N-dealkylation sites (tertiary alicyclic amines) is 2. The third kappa shape index (κ3) is 3.88. The Morgan fingerprint density at radius 1 is 0.900 bits per heavy atom. The molecule has 1 spiro atoms. The smallest absolute Gasteiger partial charge is 0.272 e. The monoisotopic (exact) mass is 404 g/mol. The van der Waals surface area contributed by atoms with Gasteiger partial charge in [-0.2, -0.15) is 0 Å². The number of benzene rings is 1. The van der Waals surface area contributed by atoms with Gasteiger partial charge in [0.25, 0.3) is 5.91 Å². The van der Waals surface area contributed by atoms with Crippen molar-refractivity contribution in [2.45, 2.75) is 37.6 Å². The standard InChI is InChI=1S/C25H32N4O/c30-24(23-9-3-4-12-26-23)29-19-21-7-1-2-8-22(21)25(20-29)10-15-28(16-11-25)18-17-27-13-5-6-14-27/h1-4,7-9,12H,5-6,10-11,13-20H2. The van der Waals surface area contributed by atoms with E-state index in [1.807, 2.05) is 23.1 Å². The topological polar surface area (TPSA) is 39.7 Å². The van der Waals surface area contributed by atoms with Gasteiger partial charge in [-0.1, -0.05) is 30.3 Å². The van der Waals surface area contributed by atoms with Crippen molar-refractivity contribution in [3.05, 3.63) is 65.5 Å². The number of fused-ring (bicyclic) bond motifs is 2. The largest absolute Gasteiger partial charge is 0.332 e. The second kappa shape index (κ2) is 8.48. The zero-order valence-electron chi connectivity index (χ0n) is 17.8. The Hall–Kier alpha value is -2.24. The number of rotatable bonds is 4. The molecule has 5 nitrogen and oxygen atoms in total. The highest BCUT2D eigenvalue weighted by Gasteiger charge is 2.43. The Kier molecular flexibility index (Phi) is 5.57. The Labute approximate surface area is 179 Å². The van der Waals surface area contributed by atoms with Crippen LogP contribution in [0.2, 0.25) is 0 Å². The molecule has 3 aliphatic heterocycles. The molecule has 0 N–H and O–H groups in total. The van der Waals surface area contributed by atoms with Crippen LogP contribution in [0.3, 0.4) is 0 Å². The van der Waals surface area contributed by atoms with Crippen LogP contribution < -0.4 is 0 Å². The first-order valence-electron chi connectivity index (χ1n) is 11.5. The van der Waals surface area contributed by atoms with Crippen LogP contribution in [-0.2, 0) is 12.0 Å². The molecule has 2 saturated heterocycles. The van der Waals surface area contributed by atoms with Gasteiger partial charge in [-0.15, -0.1) is 0 Å². The quantitative estimate of drug-likeness (QED) is 0.785. The highest BCUT2D eigenvalue weighted by Crippen LogP contribution is 2.42. The first-order chi connectivity index (χ1) is 14.7. The molecule has 0 radical (unpaired) electrons.